The third-order valence-corrected chi connectivity index (χ3v) is 7.92. The summed E-state index contributed by atoms with van der Waals surface area (Å²) in [6, 6.07) is 6.52. The van der Waals surface area contributed by atoms with Crippen molar-refractivity contribution in [1.29, 1.82) is 0 Å². The maximum Gasteiger partial charge on any atom is 0.243 e. The van der Waals surface area contributed by atoms with E-state index >= 15 is 0 Å². The summed E-state index contributed by atoms with van der Waals surface area (Å²) in [7, 11) is 1.95. The van der Waals surface area contributed by atoms with Crippen LogP contribution in [0.3, 0.4) is 0 Å². The highest BCUT2D eigenvalue weighted by molar-refractivity contribution is 7.89. The molecule has 0 saturated carbocycles. The van der Waals surface area contributed by atoms with Crippen LogP contribution < -0.4 is 10.1 Å². The van der Waals surface area contributed by atoms with Gasteiger partial charge in [-0.15, -0.1) is 0 Å². The molecule has 0 radical (unpaired) electrons. The highest BCUT2D eigenvalue weighted by Gasteiger charge is 2.32. The van der Waals surface area contributed by atoms with Crippen LogP contribution in [0.2, 0.25) is 0 Å². The smallest absolute Gasteiger partial charge is 0.243 e. The number of anilines is 1. The third-order valence-electron chi connectivity index (χ3n) is 6.07. The van der Waals surface area contributed by atoms with Gasteiger partial charge in [0.1, 0.15) is 17.4 Å². The van der Waals surface area contributed by atoms with E-state index in [1.54, 1.807) is 31.4 Å². The van der Waals surface area contributed by atoms with Crippen molar-refractivity contribution in [2.24, 2.45) is 0 Å². The second-order valence-electron chi connectivity index (χ2n) is 7.95. The Bertz CT molecular complexity index is 1000. The Morgan fingerprint density at radius 1 is 1.10 bits per heavy atom. The van der Waals surface area contributed by atoms with Gasteiger partial charge in [-0.3, -0.25) is 0 Å². The van der Waals surface area contributed by atoms with Crippen molar-refractivity contribution in [2.45, 2.75) is 36.6 Å². The topological polar surface area (TPSA) is 87.7 Å². The van der Waals surface area contributed by atoms with Crippen molar-refractivity contribution >= 4 is 15.8 Å². The fourth-order valence-corrected chi connectivity index (χ4v) is 5.59. The number of likely N-dealkylation sites (tertiary alicyclic amines) is 1. The van der Waals surface area contributed by atoms with Gasteiger partial charge in [-0.1, -0.05) is 0 Å². The number of fused-ring (bicyclic) bond motifs is 1. The summed E-state index contributed by atoms with van der Waals surface area (Å²) in [5.74, 6) is 2.60. The van der Waals surface area contributed by atoms with Crippen molar-refractivity contribution < 1.29 is 13.2 Å². The molecule has 3 heterocycles. The molecule has 2 aromatic rings. The van der Waals surface area contributed by atoms with Gasteiger partial charge >= 0.3 is 0 Å². The Labute approximate surface area is 178 Å². The third kappa shape index (κ3) is 4.01. The lowest BCUT2D eigenvalue weighted by molar-refractivity contribution is 0.250. The first-order valence-electron chi connectivity index (χ1n) is 10.3. The molecule has 30 heavy (non-hydrogen) atoms. The van der Waals surface area contributed by atoms with E-state index in [2.05, 4.69) is 17.3 Å². The highest BCUT2D eigenvalue weighted by atomic mass is 32.2. The summed E-state index contributed by atoms with van der Waals surface area (Å²) in [6.45, 7) is 2.73. The Balaban J connectivity index is 1.62. The SMILES string of the molecule is CNc1nc(C2CCN(C)CC2)nc2c1CCN(S(=O)(=O)c1ccc(OC)cc1)C2. The molecule has 8 nitrogen and oxygen atoms in total. The van der Waals surface area contributed by atoms with Gasteiger partial charge in [0.15, 0.2) is 0 Å². The Morgan fingerprint density at radius 2 is 1.80 bits per heavy atom. The van der Waals surface area contributed by atoms with E-state index in [1.807, 2.05) is 7.05 Å². The fraction of sp³-hybridized carbons (Fsp3) is 0.524. The first-order valence-corrected chi connectivity index (χ1v) is 11.8. The second kappa shape index (κ2) is 8.49. The molecule has 162 valence electrons. The first kappa shape index (κ1) is 21.0. The van der Waals surface area contributed by atoms with E-state index < -0.39 is 10.0 Å². The zero-order chi connectivity index (χ0) is 21.3. The van der Waals surface area contributed by atoms with Crippen LogP contribution in [0.15, 0.2) is 29.2 Å². The average molecular weight is 432 g/mol. The van der Waals surface area contributed by atoms with Crippen molar-refractivity contribution in [3.8, 4) is 5.75 Å². The van der Waals surface area contributed by atoms with E-state index in [9.17, 15) is 8.42 Å². The summed E-state index contributed by atoms with van der Waals surface area (Å²) in [5, 5.41) is 3.20. The van der Waals surface area contributed by atoms with E-state index in [0.717, 1.165) is 48.8 Å². The molecule has 9 heteroatoms. The van der Waals surface area contributed by atoms with E-state index in [-0.39, 0.29) is 11.4 Å². The summed E-state index contributed by atoms with van der Waals surface area (Å²) < 4.78 is 33.0. The van der Waals surface area contributed by atoms with Gasteiger partial charge in [-0.2, -0.15) is 4.31 Å². The van der Waals surface area contributed by atoms with E-state index in [0.29, 0.717) is 24.6 Å². The number of hydrogen-bond acceptors (Lipinski definition) is 7. The van der Waals surface area contributed by atoms with Gasteiger partial charge in [0.05, 0.1) is 24.2 Å². The molecule has 0 atom stereocenters. The van der Waals surface area contributed by atoms with Crippen LogP contribution in [0, 0.1) is 0 Å². The maximum absolute atomic E-state index is 13.2. The van der Waals surface area contributed by atoms with Crippen LogP contribution in [0.1, 0.15) is 35.8 Å². The van der Waals surface area contributed by atoms with Crippen LogP contribution in [-0.4, -0.2) is 68.4 Å². The number of hydrogen-bond donors (Lipinski definition) is 1. The highest BCUT2D eigenvalue weighted by Crippen LogP contribution is 2.32. The van der Waals surface area contributed by atoms with E-state index in [1.165, 1.54) is 4.31 Å². The van der Waals surface area contributed by atoms with Crippen molar-refractivity contribution in [3.63, 3.8) is 0 Å². The molecule has 4 rings (SSSR count). The Morgan fingerprint density at radius 3 is 2.43 bits per heavy atom. The quantitative estimate of drug-likeness (QED) is 0.775. The number of rotatable bonds is 5. The zero-order valence-corrected chi connectivity index (χ0v) is 18.6. The Kier molecular flexibility index (Phi) is 5.95. The summed E-state index contributed by atoms with van der Waals surface area (Å²) in [5.41, 5.74) is 1.84. The molecule has 0 aliphatic carbocycles. The van der Waals surface area contributed by atoms with Gasteiger partial charge in [0, 0.05) is 25.1 Å². The van der Waals surface area contributed by atoms with Crippen LogP contribution in [-0.2, 0) is 23.0 Å². The molecule has 1 aromatic carbocycles. The van der Waals surface area contributed by atoms with Crippen LogP contribution >= 0.6 is 0 Å². The minimum Gasteiger partial charge on any atom is -0.497 e. The molecule has 1 fully saturated rings. The minimum atomic E-state index is -3.60. The predicted octanol–water partition coefficient (Wildman–Crippen LogP) is 2.08. The largest absolute Gasteiger partial charge is 0.497 e. The molecule has 1 N–H and O–H groups in total. The maximum atomic E-state index is 13.2. The number of benzene rings is 1. The van der Waals surface area contributed by atoms with Gasteiger partial charge in [-0.05, 0) is 63.7 Å². The molecule has 0 spiro atoms. The zero-order valence-electron chi connectivity index (χ0n) is 17.8. The van der Waals surface area contributed by atoms with Crippen LogP contribution in [0.4, 0.5) is 5.82 Å². The first-order chi connectivity index (χ1) is 14.4. The van der Waals surface area contributed by atoms with E-state index in [4.69, 9.17) is 14.7 Å². The molecule has 0 unspecified atom stereocenters. The standard InChI is InChI=1S/C21H29N5O3S/c1-22-21-18-10-13-26(30(27,28)17-6-4-16(29-3)5-7-17)14-19(18)23-20(24-21)15-8-11-25(2)12-9-15/h4-7,15H,8-14H2,1-3H3,(H,22,23,24). The lowest BCUT2D eigenvalue weighted by Crippen LogP contribution is -2.37. The average Bonchev–Trinajstić information content (AvgIpc) is 2.78. The molecule has 1 saturated heterocycles. The lowest BCUT2D eigenvalue weighted by atomic mass is 9.95. The number of piperidine rings is 1. The molecule has 0 bridgehead atoms. The number of sulfonamides is 1. The fourth-order valence-electron chi connectivity index (χ4n) is 4.18. The minimum absolute atomic E-state index is 0.264. The van der Waals surface area contributed by atoms with Gasteiger partial charge in [-0.25, -0.2) is 18.4 Å². The van der Waals surface area contributed by atoms with Gasteiger partial charge in [0.25, 0.3) is 0 Å². The number of ether oxygens (including phenoxy) is 1. The summed E-state index contributed by atoms with van der Waals surface area (Å²) in [4.78, 5) is 12.2. The summed E-state index contributed by atoms with van der Waals surface area (Å²) in [6.07, 6.45) is 2.63. The molecule has 2 aliphatic heterocycles. The van der Waals surface area contributed by atoms with Crippen LogP contribution in [0.5, 0.6) is 5.75 Å². The van der Waals surface area contributed by atoms with Gasteiger partial charge < -0.3 is 15.0 Å². The molecule has 2 aliphatic rings. The van der Waals surface area contributed by atoms with Crippen molar-refractivity contribution in [1.82, 2.24) is 19.2 Å². The van der Waals surface area contributed by atoms with Crippen molar-refractivity contribution in [2.75, 3.05) is 46.2 Å². The van der Waals surface area contributed by atoms with Crippen LogP contribution in [0.25, 0.3) is 0 Å². The predicted molar refractivity (Wildman–Crippen MR) is 115 cm³/mol. The monoisotopic (exact) mass is 431 g/mol. The van der Waals surface area contributed by atoms with Crippen molar-refractivity contribution in [3.05, 3.63) is 41.3 Å². The Hall–Kier alpha value is -2.23. The normalized spacial score (nSPS) is 18.8. The number of aromatic nitrogens is 2. The number of nitrogens with one attached hydrogen (secondary N) is 1. The molecular weight excluding hydrogens is 402 g/mol. The second-order valence-corrected chi connectivity index (χ2v) is 9.89. The lowest BCUT2D eigenvalue weighted by Gasteiger charge is -2.31. The summed E-state index contributed by atoms with van der Waals surface area (Å²) >= 11 is 0. The van der Waals surface area contributed by atoms with Gasteiger partial charge in [0.2, 0.25) is 10.0 Å². The number of methoxy groups -OCH3 is 1. The molecule has 1 aromatic heterocycles. The molecular formula is C21H29N5O3S. The molecule has 0 amide bonds. The number of nitrogens with zero attached hydrogens (tertiary/aromatic N) is 4.